The van der Waals surface area contributed by atoms with E-state index < -0.39 is 11.7 Å². The molecule has 0 amide bonds. The lowest BCUT2D eigenvalue weighted by molar-refractivity contribution is -0.137. The Balaban J connectivity index is 1.49. The highest BCUT2D eigenvalue weighted by Crippen LogP contribution is 2.40. The van der Waals surface area contributed by atoms with Crippen LogP contribution in [0.5, 0.6) is 0 Å². The second kappa shape index (κ2) is 7.42. The largest absolute Gasteiger partial charge is 0.417 e. The molecule has 1 aliphatic carbocycles. The number of halogens is 4. The van der Waals surface area contributed by atoms with Crippen molar-refractivity contribution in [1.82, 2.24) is 20.2 Å². The van der Waals surface area contributed by atoms with E-state index in [1.165, 1.54) is 12.1 Å². The molecule has 0 saturated heterocycles. The van der Waals surface area contributed by atoms with Crippen LogP contribution in [0.3, 0.4) is 0 Å². The first-order chi connectivity index (χ1) is 14.9. The molecule has 0 aliphatic heterocycles. The summed E-state index contributed by atoms with van der Waals surface area (Å²) in [5, 5.41) is 13.7. The van der Waals surface area contributed by atoms with Gasteiger partial charge in [-0.25, -0.2) is 4.98 Å². The van der Waals surface area contributed by atoms with Crippen LogP contribution < -0.4 is 10.6 Å². The van der Waals surface area contributed by atoms with Crippen LogP contribution >= 0.6 is 11.6 Å². The second-order valence-electron chi connectivity index (χ2n) is 7.34. The lowest BCUT2D eigenvalue weighted by atomic mass is 10.2. The third-order valence-electron chi connectivity index (χ3n) is 4.99. The molecule has 1 aliphatic rings. The van der Waals surface area contributed by atoms with Crippen LogP contribution in [0, 0.1) is 0 Å². The van der Waals surface area contributed by atoms with Crippen LogP contribution in [-0.2, 0) is 6.18 Å². The molecular formula is C21H16ClF3N6. The molecule has 3 N–H and O–H groups in total. The lowest BCUT2D eigenvalue weighted by Crippen LogP contribution is -2.07. The number of benzene rings is 2. The summed E-state index contributed by atoms with van der Waals surface area (Å²) in [6.07, 6.45) is -2.27. The third kappa shape index (κ3) is 4.13. The van der Waals surface area contributed by atoms with Gasteiger partial charge in [0.1, 0.15) is 5.82 Å². The molecule has 0 bridgehead atoms. The van der Waals surface area contributed by atoms with Gasteiger partial charge < -0.3 is 10.6 Å². The van der Waals surface area contributed by atoms with Crippen LogP contribution in [-0.4, -0.2) is 20.2 Å². The molecule has 6 nitrogen and oxygen atoms in total. The first-order valence-electron chi connectivity index (χ1n) is 9.60. The van der Waals surface area contributed by atoms with E-state index in [1.54, 1.807) is 6.07 Å². The highest BCUT2D eigenvalue weighted by atomic mass is 35.5. The molecule has 0 spiro atoms. The molecule has 31 heavy (non-hydrogen) atoms. The van der Waals surface area contributed by atoms with E-state index >= 15 is 0 Å². The van der Waals surface area contributed by atoms with Crippen LogP contribution in [0.4, 0.5) is 36.4 Å². The van der Waals surface area contributed by atoms with Crippen molar-refractivity contribution in [3.63, 3.8) is 0 Å². The Labute approximate surface area is 179 Å². The molecule has 2 heterocycles. The minimum Gasteiger partial charge on any atom is -0.324 e. The number of hydrogen-bond donors (Lipinski definition) is 3. The molecule has 0 atom stereocenters. The van der Waals surface area contributed by atoms with Crippen molar-refractivity contribution in [1.29, 1.82) is 0 Å². The van der Waals surface area contributed by atoms with Crippen LogP contribution in [0.15, 0.2) is 48.5 Å². The van der Waals surface area contributed by atoms with E-state index in [2.05, 4.69) is 30.8 Å². The number of rotatable bonds is 5. The molecule has 0 radical (unpaired) electrons. The molecule has 4 aromatic rings. The Morgan fingerprint density at radius 1 is 1.00 bits per heavy atom. The van der Waals surface area contributed by atoms with E-state index in [-0.39, 0.29) is 16.7 Å². The molecule has 5 rings (SSSR count). The third-order valence-corrected chi connectivity index (χ3v) is 5.32. The Morgan fingerprint density at radius 2 is 1.81 bits per heavy atom. The number of alkyl halides is 3. The van der Waals surface area contributed by atoms with E-state index in [0.717, 1.165) is 30.0 Å². The maximum atomic E-state index is 13.2. The van der Waals surface area contributed by atoms with Gasteiger partial charge in [-0.2, -0.15) is 23.3 Å². The summed E-state index contributed by atoms with van der Waals surface area (Å²) in [4.78, 5) is 8.90. The summed E-state index contributed by atoms with van der Waals surface area (Å²) >= 11 is 5.71. The fourth-order valence-electron chi connectivity index (χ4n) is 3.30. The number of nitrogens with one attached hydrogen (secondary N) is 3. The van der Waals surface area contributed by atoms with Gasteiger partial charge in [0.2, 0.25) is 5.95 Å². The van der Waals surface area contributed by atoms with Crippen LogP contribution in [0.2, 0.25) is 5.02 Å². The Bertz CT molecular complexity index is 1270. The Hall–Kier alpha value is -3.33. The second-order valence-corrected chi connectivity index (χ2v) is 7.75. The highest BCUT2D eigenvalue weighted by Gasteiger charge is 2.33. The zero-order chi connectivity index (χ0) is 21.6. The van der Waals surface area contributed by atoms with Crippen molar-refractivity contribution >= 4 is 45.8 Å². The Morgan fingerprint density at radius 3 is 2.58 bits per heavy atom. The van der Waals surface area contributed by atoms with E-state index in [4.69, 9.17) is 11.6 Å². The molecule has 2 aromatic heterocycles. The first-order valence-corrected chi connectivity index (χ1v) is 9.97. The number of para-hydroxylation sites is 1. The SMILES string of the molecule is FC(F)(F)c1cc(Nc2nc(Nc3cc(C4CC4)[nH]n3)c3ccccc3n2)ccc1Cl. The zero-order valence-electron chi connectivity index (χ0n) is 16.0. The van der Waals surface area contributed by atoms with Crippen LogP contribution in [0.1, 0.15) is 30.0 Å². The fourth-order valence-corrected chi connectivity index (χ4v) is 3.53. The van der Waals surface area contributed by atoms with Crippen molar-refractivity contribution in [3.05, 3.63) is 64.8 Å². The molecule has 0 unspecified atom stereocenters. The van der Waals surface area contributed by atoms with E-state index in [0.29, 0.717) is 23.1 Å². The Kier molecular flexibility index (Phi) is 4.70. The standard InChI is InChI=1S/C21H16ClF3N6/c22-15-8-7-12(9-14(15)21(23,24)25)26-20-27-16-4-2-1-3-13(16)19(29-20)28-18-10-17(30-31-18)11-5-6-11/h1-4,7-11H,5-6H2,(H3,26,27,28,29,30,31). The maximum Gasteiger partial charge on any atom is 0.417 e. The minimum atomic E-state index is -4.56. The molecule has 10 heteroatoms. The van der Waals surface area contributed by atoms with E-state index in [9.17, 15) is 13.2 Å². The number of hydrogen-bond acceptors (Lipinski definition) is 5. The molecule has 1 fully saturated rings. The zero-order valence-corrected chi connectivity index (χ0v) is 16.7. The van der Waals surface area contributed by atoms with Crippen molar-refractivity contribution in [3.8, 4) is 0 Å². The maximum absolute atomic E-state index is 13.2. The number of H-pyrrole nitrogens is 1. The van der Waals surface area contributed by atoms with Gasteiger partial charge >= 0.3 is 6.18 Å². The average molecular weight is 445 g/mol. The smallest absolute Gasteiger partial charge is 0.324 e. The van der Waals surface area contributed by atoms with Crippen molar-refractivity contribution < 1.29 is 13.2 Å². The van der Waals surface area contributed by atoms with Gasteiger partial charge in [-0.15, -0.1) is 0 Å². The van der Waals surface area contributed by atoms with Gasteiger partial charge in [0, 0.05) is 28.8 Å². The number of aromatic nitrogens is 4. The summed E-state index contributed by atoms with van der Waals surface area (Å²) in [5.41, 5.74) is 0.946. The summed E-state index contributed by atoms with van der Waals surface area (Å²) in [6, 6.07) is 12.9. The quantitative estimate of drug-likeness (QED) is 0.332. The van der Waals surface area contributed by atoms with Crippen LogP contribution in [0.25, 0.3) is 10.9 Å². The van der Waals surface area contributed by atoms with E-state index in [1.807, 2.05) is 24.3 Å². The number of fused-ring (bicyclic) bond motifs is 1. The average Bonchev–Trinajstić information content (AvgIpc) is 3.48. The van der Waals surface area contributed by atoms with Crippen molar-refractivity contribution in [2.45, 2.75) is 24.9 Å². The number of anilines is 4. The van der Waals surface area contributed by atoms with Crippen molar-refractivity contribution in [2.75, 3.05) is 10.6 Å². The van der Waals surface area contributed by atoms with Crippen molar-refractivity contribution in [2.24, 2.45) is 0 Å². The lowest BCUT2D eigenvalue weighted by Gasteiger charge is -2.13. The van der Waals surface area contributed by atoms with Gasteiger partial charge in [-0.1, -0.05) is 23.7 Å². The summed E-state index contributed by atoms with van der Waals surface area (Å²) < 4.78 is 39.5. The summed E-state index contributed by atoms with van der Waals surface area (Å²) in [6.45, 7) is 0. The topological polar surface area (TPSA) is 78.5 Å². The fraction of sp³-hybridized carbons (Fsp3) is 0.190. The monoisotopic (exact) mass is 444 g/mol. The summed E-state index contributed by atoms with van der Waals surface area (Å²) in [7, 11) is 0. The number of nitrogens with zero attached hydrogens (tertiary/aromatic N) is 3. The number of aromatic amines is 1. The predicted molar refractivity (Wildman–Crippen MR) is 113 cm³/mol. The van der Waals surface area contributed by atoms with Gasteiger partial charge in [0.25, 0.3) is 0 Å². The molecular weight excluding hydrogens is 429 g/mol. The molecule has 158 valence electrons. The molecule has 2 aromatic carbocycles. The first kappa shape index (κ1) is 19.6. The summed E-state index contributed by atoms with van der Waals surface area (Å²) in [5.74, 6) is 1.78. The minimum absolute atomic E-state index is 0.148. The molecule has 1 saturated carbocycles. The van der Waals surface area contributed by atoms with Gasteiger partial charge in [-0.3, -0.25) is 5.10 Å². The normalized spacial score (nSPS) is 14.1. The van der Waals surface area contributed by atoms with Gasteiger partial charge in [-0.05, 0) is 43.2 Å². The van der Waals surface area contributed by atoms with Gasteiger partial charge in [0.15, 0.2) is 5.82 Å². The van der Waals surface area contributed by atoms with Gasteiger partial charge in [0.05, 0.1) is 16.1 Å². The predicted octanol–water partition coefficient (Wildman–Crippen LogP) is 6.39. The highest BCUT2D eigenvalue weighted by molar-refractivity contribution is 6.31.